The molecule has 4 heterocycles. The van der Waals surface area contributed by atoms with Crippen molar-refractivity contribution in [3.8, 4) is 77.9 Å². The molecule has 0 unspecified atom stereocenters. The van der Waals surface area contributed by atoms with Crippen molar-refractivity contribution >= 4 is 97.3 Å². The molecule has 0 aliphatic carbocycles. The van der Waals surface area contributed by atoms with Crippen LogP contribution in [-0.2, 0) is 0 Å². The summed E-state index contributed by atoms with van der Waals surface area (Å²) in [5.74, 6) is 0. The van der Waals surface area contributed by atoms with E-state index in [1.807, 2.05) is 36.0 Å². The second kappa shape index (κ2) is 22.8. The molecule has 0 amide bonds. The molecule has 16 rings (SSSR count). The highest BCUT2D eigenvalue weighted by atomic mass is 32.1. The van der Waals surface area contributed by atoms with Crippen LogP contribution in [0.2, 0.25) is 0 Å². The van der Waals surface area contributed by atoms with Crippen LogP contribution in [0.3, 0.4) is 0 Å². The maximum atomic E-state index is 4.84. The lowest BCUT2D eigenvalue weighted by Crippen LogP contribution is -2.09. The fourth-order valence-corrected chi connectivity index (χ4v) is 14.9. The van der Waals surface area contributed by atoms with Gasteiger partial charge in [0.05, 0.1) is 4.70 Å². The molecule has 0 aliphatic rings. The molecular weight excluding hydrogens is 1110 g/mol. The first kappa shape index (κ1) is 52.5. The van der Waals surface area contributed by atoms with Crippen molar-refractivity contribution in [2.75, 3.05) is 9.80 Å². The number of benzene rings is 12. The Bertz CT molecular complexity index is 5040. The Morgan fingerprint density at radius 3 is 0.989 bits per heavy atom. The van der Waals surface area contributed by atoms with E-state index in [0.29, 0.717) is 0 Å². The van der Waals surface area contributed by atoms with Crippen molar-refractivity contribution in [2.24, 2.45) is 0 Å². The molecule has 12 aromatic carbocycles. The Labute approximate surface area is 519 Å². The van der Waals surface area contributed by atoms with Gasteiger partial charge in [-0.25, -0.2) is 4.98 Å². The largest absolute Gasteiger partial charge is 0.311 e. The van der Waals surface area contributed by atoms with Crippen LogP contribution < -0.4 is 9.80 Å². The molecule has 0 aliphatic heterocycles. The lowest BCUT2D eigenvalue weighted by Gasteiger charge is -2.26. The van der Waals surface area contributed by atoms with Gasteiger partial charge in [0.15, 0.2) is 0 Å². The highest BCUT2D eigenvalue weighted by Gasteiger charge is 2.20. The number of hydrogen-bond acceptors (Lipinski definition) is 6. The molecule has 0 atom stereocenters. The molecule has 0 radical (unpaired) electrons. The summed E-state index contributed by atoms with van der Waals surface area (Å²) < 4.78 is 3.68. The van der Waals surface area contributed by atoms with E-state index in [1.54, 1.807) is 11.3 Å². The van der Waals surface area contributed by atoms with E-state index in [2.05, 4.69) is 318 Å². The average Bonchev–Trinajstić information content (AvgIpc) is 2.13. The van der Waals surface area contributed by atoms with Gasteiger partial charge in [-0.1, -0.05) is 224 Å². The third-order valence-electron chi connectivity index (χ3n) is 16.9. The first-order valence-corrected chi connectivity index (χ1v) is 31.3. The molecule has 6 heteroatoms. The Morgan fingerprint density at radius 2 is 0.568 bits per heavy atom. The summed E-state index contributed by atoms with van der Waals surface area (Å²) >= 11 is 3.58. The Morgan fingerprint density at radius 1 is 0.239 bits per heavy atom. The van der Waals surface area contributed by atoms with Crippen LogP contribution in [0.25, 0.3) is 118 Å². The smallest absolute Gasteiger partial charge is 0.124 e. The van der Waals surface area contributed by atoms with E-state index in [9.17, 15) is 0 Å². The molecule has 4 nitrogen and oxygen atoms in total. The number of hydrogen-bond donors (Lipinski definition) is 0. The normalized spacial score (nSPS) is 11.4. The van der Waals surface area contributed by atoms with E-state index in [1.165, 1.54) is 91.3 Å². The third kappa shape index (κ3) is 9.86. The number of fused-ring (bicyclic) bond motifs is 6. The van der Waals surface area contributed by atoms with Crippen LogP contribution in [0, 0.1) is 0 Å². The van der Waals surface area contributed by atoms with Crippen LogP contribution in [0.5, 0.6) is 0 Å². The predicted octanol–water partition coefficient (Wildman–Crippen LogP) is 23.8. The summed E-state index contributed by atoms with van der Waals surface area (Å²) in [5, 5.41) is 4.91. The maximum absolute atomic E-state index is 4.84. The zero-order chi connectivity index (χ0) is 58.3. The minimum atomic E-state index is 1.06. The summed E-state index contributed by atoms with van der Waals surface area (Å²) in [6, 6.07) is 112. The Balaban J connectivity index is 0.688. The number of rotatable bonds is 13. The Hall–Kier alpha value is -11.0. The van der Waals surface area contributed by atoms with Gasteiger partial charge in [0.25, 0.3) is 0 Å². The van der Waals surface area contributed by atoms with Crippen molar-refractivity contribution < 1.29 is 0 Å². The molecule has 88 heavy (non-hydrogen) atoms. The summed E-state index contributed by atoms with van der Waals surface area (Å²) in [4.78, 5) is 15.3. The van der Waals surface area contributed by atoms with E-state index in [-0.39, 0.29) is 0 Å². The summed E-state index contributed by atoms with van der Waals surface area (Å²) in [6.07, 6.45) is 5.94. The summed E-state index contributed by atoms with van der Waals surface area (Å²) in [5.41, 5.74) is 23.0. The topological polar surface area (TPSA) is 32.3 Å². The highest BCUT2D eigenvalue weighted by molar-refractivity contribution is 7.26. The fourth-order valence-electron chi connectivity index (χ4n) is 12.5. The zero-order valence-electron chi connectivity index (χ0n) is 47.8. The van der Waals surface area contributed by atoms with Gasteiger partial charge >= 0.3 is 0 Å². The van der Waals surface area contributed by atoms with Crippen molar-refractivity contribution in [3.63, 3.8) is 0 Å². The predicted molar refractivity (Wildman–Crippen MR) is 375 cm³/mol. The third-order valence-corrected chi connectivity index (χ3v) is 19.2. The molecule has 0 saturated carbocycles. The van der Waals surface area contributed by atoms with Gasteiger partial charge in [-0.05, 0) is 157 Å². The minimum absolute atomic E-state index is 1.06. The monoisotopic (exact) mass is 1160 g/mol. The number of anilines is 6. The highest BCUT2D eigenvalue weighted by Crippen LogP contribution is 2.46. The van der Waals surface area contributed by atoms with Crippen LogP contribution in [0.1, 0.15) is 0 Å². The molecule has 0 N–H and O–H groups in total. The van der Waals surface area contributed by atoms with Crippen molar-refractivity contribution in [2.45, 2.75) is 0 Å². The van der Waals surface area contributed by atoms with E-state index < -0.39 is 0 Å². The van der Waals surface area contributed by atoms with Gasteiger partial charge in [-0.3, -0.25) is 4.98 Å². The Kier molecular flexibility index (Phi) is 13.6. The first-order chi connectivity index (χ1) is 43.6. The lowest BCUT2D eigenvalue weighted by molar-refractivity contribution is 1.28. The molecule has 414 valence electrons. The van der Waals surface area contributed by atoms with Gasteiger partial charge in [-0.2, -0.15) is 0 Å². The molecule has 16 aromatic rings. The van der Waals surface area contributed by atoms with Gasteiger partial charge < -0.3 is 9.80 Å². The van der Waals surface area contributed by atoms with Gasteiger partial charge in [0, 0.05) is 89.2 Å². The van der Waals surface area contributed by atoms with Crippen molar-refractivity contribution in [1.29, 1.82) is 0 Å². The second-order valence-corrected chi connectivity index (χ2v) is 24.2. The molecule has 0 fully saturated rings. The van der Waals surface area contributed by atoms with Crippen LogP contribution in [0.15, 0.2) is 328 Å². The van der Waals surface area contributed by atoms with Gasteiger partial charge in [0.2, 0.25) is 0 Å². The fraction of sp³-hybridized carbons (Fsp3) is 0. The van der Waals surface area contributed by atoms with E-state index >= 15 is 0 Å². The number of pyridine rings is 2. The molecule has 0 saturated heterocycles. The lowest BCUT2D eigenvalue weighted by atomic mass is 9.97. The van der Waals surface area contributed by atoms with Crippen LogP contribution in [0.4, 0.5) is 34.1 Å². The van der Waals surface area contributed by atoms with Crippen LogP contribution >= 0.6 is 22.7 Å². The quantitative estimate of drug-likeness (QED) is 0.115. The van der Waals surface area contributed by atoms with Crippen LogP contribution in [-0.4, -0.2) is 9.97 Å². The van der Waals surface area contributed by atoms with Gasteiger partial charge in [0.1, 0.15) is 4.83 Å². The SMILES string of the molecule is c1ccc(-c2ccc(N(c3ccc(-c4ccc(-c5cncc6sc7c(-c8ccc(N(c9ccc(-c%10ccccc%10)cc9)c9ccc(-c%10ccccc%10)cc9)cc8)cccc7c56)cc4)cc3)c3ccc(-c4cccc5c4sc4ncccc45)cc3)cc2)cc1. The molecule has 0 bridgehead atoms. The summed E-state index contributed by atoms with van der Waals surface area (Å²) in [6.45, 7) is 0. The van der Waals surface area contributed by atoms with Gasteiger partial charge in [-0.15, -0.1) is 22.7 Å². The van der Waals surface area contributed by atoms with E-state index in [4.69, 9.17) is 4.98 Å². The first-order valence-electron chi connectivity index (χ1n) is 29.7. The standard InChI is InChI=1S/C82H54N4S2/c1-4-13-55(14-5-1)59-28-40-66(41-29-59)85(67-42-30-60(31-43-67)56-15-6-2-7-16-56)71-50-38-64(39-51-71)73-20-11-22-76-79-77(53-83-54-78(79)87-81(73)76)65-26-24-58(25-27-65)62-34-46-69(47-35-62)86(68-44-32-61(33-45-68)57-17-8-3-9-18-57)70-48-36-63(37-49-70)72-19-10-21-74-75-23-12-52-84-82(75)88-80(72)74/h1-54H. The maximum Gasteiger partial charge on any atom is 0.124 e. The molecular formula is C82H54N4S2. The average molecular weight is 1160 g/mol. The molecule has 4 aromatic heterocycles. The number of aromatic nitrogens is 2. The van der Waals surface area contributed by atoms with E-state index in [0.717, 1.165) is 61.2 Å². The minimum Gasteiger partial charge on any atom is -0.311 e. The summed E-state index contributed by atoms with van der Waals surface area (Å²) in [7, 11) is 0. The molecule has 0 spiro atoms. The number of nitrogens with zero attached hydrogens (tertiary/aromatic N) is 4. The number of thiophene rings is 2. The zero-order valence-corrected chi connectivity index (χ0v) is 49.4. The second-order valence-electron chi connectivity index (χ2n) is 22.1. The van der Waals surface area contributed by atoms with Crippen molar-refractivity contribution in [3.05, 3.63) is 328 Å². The van der Waals surface area contributed by atoms with Crippen molar-refractivity contribution in [1.82, 2.24) is 9.97 Å².